The van der Waals surface area contributed by atoms with E-state index in [9.17, 15) is 0 Å². The zero-order valence-corrected chi connectivity index (χ0v) is 16.8. The van der Waals surface area contributed by atoms with Gasteiger partial charge in [-0.05, 0) is 46.2 Å². The van der Waals surface area contributed by atoms with E-state index in [0.717, 1.165) is 23.2 Å². The van der Waals surface area contributed by atoms with Gasteiger partial charge in [-0.1, -0.05) is 36.3 Å². The molecule has 0 saturated carbocycles. The van der Waals surface area contributed by atoms with Gasteiger partial charge in [-0.15, -0.1) is 0 Å². The molecule has 0 saturated heterocycles. The van der Waals surface area contributed by atoms with Crippen molar-refractivity contribution in [2.45, 2.75) is 19.4 Å². The molecule has 0 spiro atoms. The first-order chi connectivity index (χ1) is 14.2. The molecule has 8 nitrogen and oxygen atoms in total. The van der Waals surface area contributed by atoms with Crippen LogP contribution in [0, 0.1) is 0 Å². The van der Waals surface area contributed by atoms with Gasteiger partial charge in [0.05, 0.1) is 21.3 Å². The molecule has 0 aliphatic carbocycles. The molecule has 1 aliphatic rings. The van der Waals surface area contributed by atoms with Gasteiger partial charge in [-0.25, -0.2) is 0 Å². The van der Waals surface area contributed by atoms with Gasteiger partial charge in [-0.3, -0.25) is 0 Å². The third-order valence-electron chi connectivity index (χ3n) is 5.05. The molecule has 0 fully saturated rings. The standard InChI is InChI=1S/C21H23N5O3/c1-5-13-6-8-14(9-7-13)16-12-17(26-21(22-16)23-24-25-26)15-10-11-18(27-2)20(29-4)19(15)28-3/h6-12,17H,5H2,1-4H3,(H,22,23,25). The van der Waals surface area contributed by atoms with E-state index in [-0.39, 0.29) is 6.04 Å². The number of rotatable bonds is 6. The molecule has 1 aliphatic heterocycles. The Morgan fingerprint density at radius 3 is 2.38 bits per heavy atom. The second kappa shape index (κ2) is 7.83. The van der Waals surface area contributed by atoms with Crippen LogP contribution in [0.4, 0.5) is 5.95 Å². The number of tetrazole rings is 1. The van der Waals surface area contributed by atoms with Gasteiger partial charge in [0.15, 0.2) is 11.5 Å². The maximum atomic E-state index is 5.69. The summed E-state index contributed by atoms with van der Waals surface area (Å²) in [6.45, 7) is 2.14. The molecule has 1 aromatic heterocycles. The summed E-state index contributed by atoms with van der Waals surface area (Å²) in [4.78, 5) is 0. The summed E-state index contributed by atoms with van der Waals surface area (Å²) in [6.07, 6.45) is 3.07. The maximum Gasteiger partial charge on any atom is 0.248 e. The predicted molar refractivity (Wildman–Crippen MR) is 109 cm³/mol. The van der Waals surface area contributed by atoms with Crippen LogP contribution in [0.5, 0.6) is 17.2 Å². The number of nitrogens with zero attached hydrogens (tertiary/aromatic N) is 4. The van der Waals surface area contributed by atoms with E-state index in [0.29, 0.717) is 23.2 Å². The number of anilines is 1. The minimum Gasteiger partial charge on any atom is -0.493 e. The van der Waals surface area contributed by atoms with Crippen molar-refractivity contribution in [1.82, 2.24) is 20.2 Å². The number of nitrogens with one attached hydrogen (secondary N) is 1. The van der Waals surface area contributed by atoms with E-state index >= 15 is 0 Å². The van der Waals surface area contributed by atoms with E-state index in [1.165, 1.54) is 5.56 Å². The van der Waals surface area contributed by atoms with Crippen molar-refractivity contribution in [2.75, 3.05) is 26.6 Å². The first-order valence-electron chi connectivity index (χ1n) is 9.35. The van der Waals surface area contributed by atoms with Crippen LogP contribution in [0.2, 0.25) is 0 Å². The molecule has 2 heterocycles. The molecule has 3 aromatic rings. The smallest absolute Gasteiger partial charge is 0.248 e. The highest BCUT2D eigenvalue weighted by molar-refractivity contribution is 5.77. The summed E-state index contributed by atoms with van der Waals surface area (Å²) in [7, 11) is 4.79. The van der Waals surface area contributed by atoms with E-state index in [1.54, 1.807) is 26.0 Å². The minimum atomic E-state index is -0.281. The summed E-state index contributed by atoms with van der Waals surface area (Å²) in [5, 5.41) is 15.4. The van der Waals surface area contributed by atoms with Crippen molar-refractivity contribution in [1.29, 1.82) is 0 Å². The lowest BCUT2D eigenvalue weighted by Crippen LogP contribution is -2.21. The van der Waals surface area contributed by atoms with Gasteiger partial charge in [-0.2, -0.15) is 4.68 Å². The summed E-state index contributed by atoms with van der Waals surface area (Å²) in [6, 6.07) is 12.0. The summed E-state index contributed by atoms with van der Waals surface area (Å²) >= 11 is 0. The van der Waals surface area contributed by atoms with Crippen LogP contribution in [0.3, 0.4) is 0 Å². The number of fused-ring (bicyclic) bond motifs is 1. The van der Waals surface area contributed by atoms with Gasteiger partial charge in [0, 0.05) is 11.3 Å². The van der Waals surface area contributed by atoms with E-state index in [1.807, 2.05) is 12.1 Å². The summed E-state index contributed by atoms with van der Waals surface area (Å²) < 4.78 is 18.4. The SMILES string of the molecule is CCc1ccc(C2=CC(c3ccc(OC)c(OC)c3OC)n3nnnc3N2)cc1. The number of methoxy groups -OCH3 is 3. The molecular formula is C21H23N5O3. The molecule has 150 valence electrons. The zero-order valence-electron chi connectivity index (χ0n) is 16.8. The molecule has 0 radical (unpaired) electrons. The number of hydrogen-bond donors (Lipinski definition) is 1. The fraction of sp³-hybridized carbons (Fsp3) is 0.286. The highest BCUT2D eigenvalue weighted by Crippen LogP contribution is 2.44. The fourth-order valence-corrected chi connectivity index (χ4v) is 3.52. The van der Waals surface area contributed by atoms with E-state index in [4.69, 9.17) is 14.2 Å². The van der Waals surface area contributed by atoms with Gasteiger partial charge in [0.1, 0.15) is 6.04 Å². The largest absolute Gasteiger partial charge is 0.493 e. The van der Waals surface area contributed by atoms with Crippen LogP contribution in [0.1, 0.15) is 29.7 Å². The average molecular weight is 393 g/mol. The topological polar surface area (TPSA) is 83.3 Å². The number of aryl methyl sites for hydroxylation is 1. The van der Waals surface area contributed by atoms with Crippen LogP contribution in [-0.4, -0.2) is 41.5 Å². The molecule has 0 amide bonds. The Kier molecular flexibility index (Phi) is 5.07. The Hall–Kier alpha value is -3.55. The molecule has 1 atom stereocenters. The van der Waals surface area contributed by atoms with Crippen molar-refractivity contribution in [3.63, 3.8) is 0 Å². The molecule has 4 rings (SSSR count). The second-order valence-corrected chi connectivity index (χ2v) is 6.57. The van der Waals surface area contributed by atoms with Crippen LogP contribution in [-0.2, 0) is 6.42 Å². The highest BCUT2D eigenvalue weighted by atomic mass is 16.5. The Morgan fingerprint density at radius 1 is 0.966 bits per heavy atom. The minimum absolute atomic E-state index is 0.281. The molecule has 29 heavy (non-hydrogen) atoms. The number of ether oxygens (including phenoxy) is 3. The average Bonchev–Trinajstić information content (AvgIpc) is 3.26. The van der Waals surface area contributed by atoms with Crippen molar-refractivity contribution in [3.05, 3.63) is 59.2 Å². The number of benzene rings is 2. The van der Waals surface area contributed by atoms with Crippen molar-refractivity contribution >= 4 is 11.6 Å². The third kappa shape index (κ3) is 3.26. The van der Waals surface area contributed by atoms with Crippen molar-refractivity contribution < 1.29 is 14.2 Å². The molecule has 8 heteroatoms. The van der Waals surface area contributed by atoms with Gasteiger partial charge >= 0.3 is 0 Å². The Bertz CT molecular complexity index is 1040. The second-order valence-electron chi connectivity index (χ2n) is 6.57. The molecule has 2 aromatic carbocycles. The van der Waals surface area contributed by atoms with Crippen molar-refractivity contribution in [2.24, 2.45) is 0 Å². The molecular weight excluding hydrogens is 370 g/mol. The Labute approximate surface area is 169 Å². The lowest BCUT2D eigenvalue weighted by molar-refractivity contribution is 0.320. The first-order valence-corrected chi connectivity index (χ1v) is 9.35. The van der Waals surface area contributed by atoms with E-state index in [2.05, 4.69) is 58.1 Å². The quantitative estimate of drug-likeness (QED) is 0.688. The lowest BCUT2D eigenvalue weighted by Gasteiger charge is -2.25. The van der Waals surface area contributed by atoms with Crippen molar-refractivity contribution in [3.8, 4) is 17.2 Å². The Balaban J connectivity index is 1.84. The normalized spacial score (nSPS) is 15.2. The first kappa shape index (κ1) is 18.8. The predicted octanol–water partition coefficient (Wildman–Crippen LogP) is 3.32. The van der Waals surface area contributed by atoms with Gasteiger partial charge < -0.3 is 19.5 Å². The van der Waals surface area contributed by atoms with Gasteiger partial charge in [0.2, 0.25) is 11.7 Å². The number of aromatic nitrogens is 4. The van der Waals surface area contributed by atoms with Crippen LogP contribution in [0.15, 0.2) is 42.5 Å². The number of allylic oxidation sites excluding steroid dienone is 1. The summed E-state index contributed by atoms with van der Waals surface area (Å²) in [5.41, 5.74) is 4.13. The third-order valence-corrected chi connectivity index (χ3v) is 5.05. The fourth-order valence-electron chi connectivity index (χ4n) is 3.52. The van der Waals surface area contributed by atoms with Crippen LogP contribution < -0.4 is 19.5 Å². The van der Waals surface area contributed by atoms with Crippen LogP contribution >= 0.6 is 0 Å². The highest BCUT2D eigenvalue weighted by Gasteiger charge is 2.29. The zero-order chi connectivity index (χ0) is 20.4. The lowest BCUT2D eigenvalue weighted by atomic mass is 9.99. The molecule has 0 bridgehead atoms. The van der Waals surface area contributed by atoms with Gasteiger partial charge in [0.25, 0.3) is 0 Å². The molecule has 1 unspecified atom stereocenters. The number of hydrogen-bond acceptors (Lipinski definition) is 7. The monoisotopic (exact) mass is 393 g/mol. The molecule has 1 N–H and O–H groups in total. The van der Waals surface area contributed by atoms with E-state index < -0.39 is 0 Å². The van der Waals surface area contributed by atoms with Crippen LogP contribution in [0.25, 0.3) is 5.70 Å². The Morgan fingerprint density at radius 2 is 1.72 bits per heavy atom. The summed E-state index contributed by atoms with van der Waals surface area (Å²) in [5.74, 6) is 2.27. The maximum absolute atomic E-state index is 5.69.